The van der Waals surface area contributed by atoms with Gasteiger partial charge in [0, 0.05) is 31.9 Å². The number of hydrogen-bond donors (Lipinski definition) is 2. The molecule has 5 heteroatoms. The highest BCUT2D eigenvalue weighted by atomic mass is 35.5. The Bertz CT molecular complexity index is 1280. The van der Waals surface area contributed by atoms with E-state index >= 15 is 0 Å². The van der Waals surface area contributed by atoms with Gasteiger partial charge in [-0.15, -0.1) is 11.3 Å². The molecular weight excluding hydrogens is 424 g/mol. The number of para-hydroxylation sites is 1. The van der Waals surface area contributed by atoms with Crippen LogP contribution in [0.25, 0.3) is 21.2 Å². The Kier molecular flexibility index (Phi) is 6.03. The average molecular weight is 449 g/mol. The van der Waals surface area contributed by atoms with E-state index in [9.17, 15) is 4.79 Å². The molecule has 4 aromatic rings. The molecule has 0 aliphatic heterocycles. The van der Waals surface area contributed by atoms with E-state index in [1.807, 2.05) is 43.3 Å². The number of amides is 2. The fourth-order valence-corrected chi connectivity index (χ4v) is 5.14. The van der Waals surface area contributed by atoms with Gasteiger partial charge in [-0.1, -0.05) is 73.5 Å². The van der Waals surface area contributed by atoms with E-state index in [2.05, 4.69) is 55.7 Å². The van der Waals surface area contributed by atoms with Gasteiger partial charge in [0.2, 0.25) is 0 Å². The van der Waals surface area contributed by atoms with Crippen molar-refractivity contribution in [2.24, 2.45) is 0 Å². The number of rotatable bonds is 4. The molecule has 0 aliphatic carbocycles. The number of thiophene rings is 1. The van der Waals surface area contributed by atoms with Gasteiger partial charge < -0.3 is 5.32 Å². The van der Waals surface area contributed by atoms with E-state index in [-0.39, 0.29) is 6.03 Å². The highest BCUT2D eigenvalue weighted by Crippen LogP contribution is 2.45. The maximum absolute atomic E-state index is 13.1. The molecule has 3 nitrogen and oxygen atoms in total. The van der Waals surface area contributed by atoms with E-state index < -0.39 is 0 Å². The molecule has 2 amide bonds. The van der Waals surface area contributed by atoms with Crippen LogP contribution in [-0.4, -0.2) is 6.03 Å². The first-order chi connectivity index (χ1) is 14.8. The number of nitrogens with one attached hydrogen (secondary N) is 2. The summed E-state index contributed by atoms with van der Waals surface area (Å²) in [5.41, 5.74) is 6.06. The second-order valence-corrected chi connectivity index (χ2v) is 9.52. The molecular formula is C26H25ClN2OS. The van der Waals surface area contributed by atoms with Gasteiger partial charge in [0.1, 0.15) is 5.00 Å². The summed E-state index contributed by atoms with van der Waals surface area (Å²) in [7, 11) is 0. The Balaban J connectivity index is 1.75. The Morgan fingerprint density at radius 2 is 1.74 bits per heavy atom. The van der Waals surface area contributed by atoms with Crippen molar-refractivity contribution in [1.29, 1.82) is 0 Å². The number of aryl methyl sites for hydroxylation is 2. The van der Waals surface area contributed by atoms with E-state index in [0.717, 1.165) is 48.6 Å². The van der Waals surface area contributed by atoms with Crippen LogP contribution >= 0.6 is 22.9 Å². The second-order valence-electron chi connectivity index (χ2n) is 8.06. The van der Waals surface area contributed by atoms with Crippen LogP contribution in [0, 0.1) is 13.8 Å². The molecule has 4 rings (SSSR count). The monoisotopic (exact) mass is 448 g/mol. The van der Waals surface area contributed by atoms with Crippen LogP contribution in [0.2, 0.25) is 5.02 Å². The van der Waals surface area contributed by atoms with Crippen molar-refractivity contribution in [3.63, 3.8) is 0 Å². The molecule has 0 radical (unpaired) electrons. The van der Waals surface area contributed by atoms with Crippen molar-refractivity contribution >= 4 is 49.7 Å². The molecule has 0 bridgehead atoms. The first kappa shape index (κ1) is 21.4. The third kappa shape index (κ3) is 4.32. The van der Waals surface area contributed by atoms with Gasteiger partial charge >= 0.3 is 6.03 Å². The highest BCUT2D eigenvalue weighted by molar-refractivity contribution is 7.23. The molecule has 1 aromatic heterocycles. The molecule has 0 unspecified atom stereocenters. The summed E-state index contributed by atoms with van der Waals surface area (Å²) in [5, 5.41) is 8.71. The molecule has 0 fully saturated rings. The molecule has 0 atom stereocenters. The number of anilines is 2. The first-order valence-electron chi connectivity index (χ1n) is 10.3. The van der Waals surface area contributed by atoms with E-state index in [1.165, 1.54) is 0 Å². The zero-order valence-electron chi connectivity index (χ0n) is 18.0. The standard InChI is InChI=1S/C26H25ClN2OS/c1-15(2)18-10-7-8-17(4)24(18)28-26(30)29-25-23(19-9-5-6-11-21(19)27)20-14-16(3)12-13-22(20)31-25/h5-15H,1-4H3,(H2,28,29,30). The number of fused-ring (bicyclic) bond motifs is 1. The fourth-order valence-electron chi connectivity index (χ4n) is 3.82. The van der Waals surface area contributed by atoms with Gasteiger partial charge in [0.25, 0.3) is 0 Å². The number of carbonyl (C=O) groups is 1. The summed E-state index contributed by atoms with van der Waals surface area (Å²) >= 11 is 8.11. The maximum atomic E-state index is 13.1. The Hall–Kier alpha value is -2.82. The smallest absolute Gasteiger partial charge is 0.307 e. The van der Waals surface area contributed by atoms with Crippen LogP contribution in [-0.2, 0) is 0 Å². The predicted octanol–water partition coefficient (Wildman–Crippen LogP) is 8.61. The minimum Gasteiger partial charge on any atom is -0.307 e. The average Bonchev–Trinajstić information content (AvgIpc) is 3.06. The molecule has 31 heavy (non-hydrogen) atoms. The van der Waals surface area contributed by atoms with Crippen LogP contribution in [0.5, 0.6) is 0 Å². The summed E-state index contributed by atoms with van der Waals surface area (Å²) in [6.45, 7) is 8.33. The Morgan fingerprint density at radius 3 is 2.48 bits per heavy atom. The minimum absolute atomic E-state index is 0.257. The van der Waals surface area contributed by atoms with Gasteiger partial charge in [-0.05, 0) is 49.1 Å². The van der Waals surface area contributed by atoms with Crippen LogP contribution in [0.1, 0.15) is 36.5 Å². The zero-order valence-corrected chi connectivity index (χ0v) is 19.6. The lowest BCUT2D eigenvalue weighted by Gasteiger charge is -2.17. The Labute approximate surface area is 192 Å². The molecule has 158 valence electrons. The van der Waals surface area contributed by atoms with E-state index in [1.54, 1.807) is 11.3 Å². The number of urea groups is 1. The third-order valence-electron chi connectivity index (χ3n) is 5.38. The summed E-state index contributed by atoms with van der Waals surface area (Å²) < 4.78 is 1.11. The lowest BCUT2D eigenvalue weighted by Crippen LogP contribution is -2.21. The van der Waals surface area contributed by atoms with E-state index in [4.69, 9.17) is 11.6 Å². The zero-order chi connectivity index (χ0) is 22.1. The van der Waals surface area contributed by atoms with Crippen LogP contribution in [0.4, 0.5) is 15.5 Å². The van der Waals surface area contributed by atoms with Gasteiger partial charge in [0.05, 0.1) is 0 Å². The van der Waals surface area contributed by atoms with Gasteiger partial charge in [-0.3, -0.25) is 5.32 Å². The number of hydrogen-bond acceptors (Lipinski definition) is 2. The number of carbonyl (C=O) groups excluding carboxylic acids is 1. The maximum Gasteiger partial charge on any atom is 0.324 e. The van der Waals surface area contributed by atoms with Gasteiger partial charge in [-0.2, -0.15) is 0 Å². The lowest BCUT2D eigenvalue weighted by molar-refractivity contribution is 0.262. The SMILES string of the molecule is Cc1ccc2sc(NC(=O)Nc3c(C)cccc3C(C)C)c(-c3ccccc3Cl)c2c1. The molecule has 0 aliphatic rings. The van der Waals surface area contributed by atoms with Crippen molar-refractivity contribution in [1.82, 2.24) is 0 Å². The first-order valence-corrected chi connectivity index (χ1v) is 11.5. The summed E-state index contributed by atoms with van der Waals surface area (Å²) in [6.07, 6.45) is 0. The largest absolute Gasteiger partial charge is 0.324 e. The number of benzene rings is 3. The van der Waals surface area contributed by atoms with Crippen molar-refractivity contribution in [3.8, 4) is 11.1 Å². The quantitative estimate of drug-likeness (QED) is 0.322. The molecule has 0 saturated heterocycles. The summed E-state index contributed by atoms with van der Waals surface area (Å²) in [6, 6.07) is 19.9. The van der Waals surface area contributed by atoms with Gasteiger partial charge in [0.15, 0.2) is 0 Å². The fraction of sp³-hybridized carbons (Fsp3) is 0.192. The van der Waals surface area contributed by atoms with E-state index in [0.29, 0.717) is 10.9 Å². The topological polar surface area (TPSA) is 41.1 Å². The predicted molar refractivity (Wildman–Crippen MR) is 135 cm³/mol. The lowest BCUT2D eigenvalue weighted by atomic mass is 9.98. The van der Waals surface area contributed by atoms with Crippen molar-refractivity contribution in [3.05, 3.63) is 82.4 Å². The third-order valence-corrected chi connectivity index (χ3v) is 6.80. The molecule has 0 saturated carbocycles. The minimum atomic E-state index is -0.257. The van der Waals surface area contributed by atoms with Crippen molar-refractivity contribution < 1.29 is 4.79 Å². The second kappa shape index (κ2) is 8.74. The summed E-state index contributed by atoms with van der Waals surface area (Å²) in [4.78, 5) is 13.1. The number of halogens is 1. The molecule has 3 aromatic carbocycles. The molecule has 0 spiro atoms. The van der Waals surface area contributed by atoms with Crippen molar-refractivity contribution in [2.45, 2.75) is 33.6 Å². The highest BCUT2D eigenvalue weighted by Gasteiger charge is 2.19. The van der Waals surface area contributed by atoms with Crippen LogP contribution in [0.15, 0.2) is 60.7 Å². The molecule has 2 N–H and O–H groups in total. The summed E-state index contributed by atoms with van der Waals surface area (Å²) in [5.74, 6) is 0.307. The molecule has 1 heterocycles. The van der Waals surface area contributed by atoms with Crippen LogP contribution < -0.4 is 10.6 Å². The van der Waals surface area contributed by atoms with Crippen molar-refractivity contribution in [2.75, 3.05) is 10.6 Å². The van der Waals surface area contributed by atoms with Gasteiger partial charge in [-0.25, -0.2) is 4.79 Å². The normalized spacial score (nSPS) is 11.2. The van der Waals surface area contributed by atoms with Crippen LogP contribution in [0.3, 0.4) is 0 Å². The Morgan fingerprint density at radius 1 is 0.968 bits per heavy atom.